The number of pyridine rings is 1. The highest BCUT2D eigenvalue weighted by Gasteiger charge is 2.47. The molecule has 1 aliphatic carbocycles. The van der Waals surface area contributed by atoms with Crippen LogP contribution in [-0.4, -0.2) is 27.6 Å². The maximum absolute atomic E-state index is 10.7. The van der Waals surface area contributed by atoms with E-state index in [0.717, 1.165) is 29.8 Å². The summed E-state index contributed by atoms with van der Waals surface area (Å²) in [4.78, 5) is 6.78. The maximum Gasteiger partial charge on any atom is 0.150 e. The molecule has 1 aliphatic heterocycles. The molecule has 4 unspecified atom stereocenters. The molecule has 1 saturated heterocycles. The Morgan fingerprint density at radius 3 is 2.95 bits per heavy atom. The minimum absolute atomic E-state index is 0.530. The van der Waals surface area contributed by atoms with Crippen molar-refractivity contribution < 1.29 is 5.11 Å². The fourth-order valence-electron chi connectivity index (χ4n) is 3.52. The number of aryl methyl sites for hydroxylation is 1. The summed E-state index contributed by atoms with van der Waals surface area (Å²) in [5.74, 6) is 1.76. The molecule has 0 amide bonds. The quantitative estimate of drug-likeness (QED) is 0.904. The summed E-state index contributed by atoms with van der Waals surface area (Å²) in [7, 11) is 0. The van der Waals surface area contributed by atoms with E-state index >= 15 is 0 Å². The Balaban J connectivity index is 1.78. The van der Waals surface area contributed by atoms with E-state index in [2.05, 4.69) is 16.8 Å². The molecule has 19 heavy (non-hydrogen) atoms. The van der Waals surface area contributed by atoms with Gasteiger partial charge in [0.15, 0.2) is 6.23 Å². The van der Waals surface area contributed by atoms with Crippen molar-refractivity contribution >= 4 is 0 Å². The van der Waals surface area contributed by atoms with Crippen LogP contribution in [-0.2, 0) is 0 Å². The zero-order chi connectivity index (χ0) is 13.4. The third kappa shape index (κ3) is 2.67. The van der Waals surface area contributed by atoms with Crippen molar-refractivity contribution in [2.75, 3.05) is 6.54 Å². The normalized spacial score (nSPS) is 31.8. The lowest BCUT2D eigenvalue weighted by atomic mass is 9.97. The Morgan fingerprint density at radius 2 is 2.21 bits per heavy atom. The van der Waals surface area contributed by atoms with E-state index in [1.165, 1.54) is 25.7 Å². The van der Waals surface area contributed by atoms with Crippen molar-refractivity contribution in [1.29, 1.82) is 0 Å². The topological polar surface area (TPSA) is 36.4 Å². The molecular weight excluding hydrogens is 236 g/mol. The van der Waals surface area contributed by atoms with Crippen LogP contribution in [0, 0.1) is 18.8 Å². The molecule has 104 valence electrons. The van der Waals surface area contributed by atoms with Gasteiger partial charge in [-0.05, 0) is 50.2 Å². The first-order valence-corrected chi connectivity index (χ1v) is 7.56. The van der Waals surface area contributed by atoms with Crippen LogP contribution < -0.4 is 0 Å². The smallest absolute Gasteiger partial charge is 0.150 e. The van der Waals surface area contributed by atoms with E-state index in [0.29, 0.717) is 6.04 Å². The Bertz CT molecular complexity index is 448. The van der Waals surface area contributed by atoms with Gasteiger partial charge in [-0.3, -0.25) is 9.88 Å². The van der Waals surface area contributed by atoms with Crippen molar-refractivity contribution in [3.05, 3.63) is 29.6 Å². The molecule has 0 bridgehead atoms. The van der Waals surface area contributed by atoms with Crippen LogP contribution in [0.2, 0.25) is 0 Å². The third-order valence-electron chi connectivity index (χ3n) is 4.67. The molecule has 1 N–H and O–H groups in total. The fourth-order valence-corrected chi connectivity index (χ4v) is 3.52. The lowest BCUT2D eigenvalue weighted by Gasteiger charge is -2.38. The van der Waals surface area contributed by atoms with Crippen LogP contribution in [0.15, 0.2) is 18.2 Å². The van der Waals surface area contributed by atoms with Gasteiger partial charge in [0.2, 0.25) is 0 Å². The molecular formula is C16H24N2O. The average molecular weight is 260 g/mol. The third-order valence-corrected chi connectivity index (χ3v) is 4.67. The second kappa shape index (κ2) is 5.22. The van der Waals surface area contributed by atoms with Gasteiger partial charge < -0.3 is 5.11 Å². The zero-order valence-electron chi connectivity index (χ0n) is 11.9. The predicted octanol–water partition coefficient (Wildman–Crippen LogP) is 2.89. The van der Waals surface area contributed by atoms with Crippen LogP contribution >= 0.6 is 0 Å². The molecule has 0 spiro atoms. The minimum Gasteiger partial charge on any atom is -0.372 e. The second-order valence-electron chi connectivity index (χ2n) is 6.21. The zero-order valence-corrected chi connectivity index (χ0v) is 11.9. The monoisotopic (exact) mass is 260 g/mol. The van der Waals surface area contributed by atoms with E-state index < -0.39 is 6.23 Å². The molecule has 2 aliphatic rings. The van der Waals surface area contributed by atoms with E-state index in [4.69, 9.17) is 0 Å². The number of likely N-dealkylation sites (tertiary alicyclic amines) is 1. The number of hydrogen-bond donors (Lipinski definition) is 1. The van der Waals surface area contributed by atoms with Gasteiger partial charge in [0, 0.05) is 18.3 Å². The van der Waals surface area contributed by atoms with Crippen LogP contribution in [0.4, 0.5) is 0 Å². The maximum atomic E-state index is 10.7. The number of aromatic nitrogens is 1. The standard InChI is InChI=1S/C16H24N2O/c1-3-5-14-9-12-8-13(12)10-18(14)16(19)15-7-4-6-11(2)17-15/h4,6-7,12-14,16,19H,3,5,8-10H2,1-2H3. The Hall–Kier alpha value is -0.930. The highest BCUT2D eigenvalue weighted by molar-refractivity contribution is 5.13. The number of piperidine rings is 1. The van der Waals surface area contributed by atoms with Crippen molar-refractivity contribution in [2.45, 2.75) is 51.8 Å². The van der Waals surface area contributed by atoms with Crippen molar-refractivity contribution in [3.63, 3.8) is 0 Å². The summed E-state index contributed by atoms with van der Waals surface area (Å²) in [6, 6.07) is 6.44. The van der Waals surface area contributed by atoms with Gasteiger partial charge in [0.25, 0.3) is 0 Å². The number of fused-ring (bicyclic) bond motifs is 1. The summed E-state index contributed by atoms with van der Waals surface area (Å²) >= 11 is 0. The van der Waals surface area contributed by atoms with Crippen molar-refractivity contribution in [2.24, 2.45) is 11.8 Å². The molecule has 2 heterocycles. The van der Waals surface area contributed by atoms with Gasteiger partial charge >= 0.3 is 0 Å². The molecule has 1 aromatic rings. The van der Waals surface area contributed by atoms with Crippen LogP contribution in [0.5, 0.6) is 0 Å². The molecule has 0 radical (unpaired) electrons. The van der Waals surface area contributed by atoms with E-state index in [1.54, 1.807) is 0 Å². The van der Waals surface area contributed by atoms with Gasteiger partial charge in [0.1, 0.15) is 0 Å². The first-order valence-electron chi connectivity index (χ1n) is 7.56. The summed E-state index contributed by atoms with van der Waals surface area (Å²) < 4.78 is 0. The first-order chi connectivity index (χ1) is 9.19. The number of nitrogens with zero attached hydrogens (tertiary/aromatic N) is 2. The van der Waals surface area contributed by atoms with Gasteiger partial charge in [-0.2, -0.15) is 0 Å². The van der Waals surface area contributed by atoms with Crippen molar-refractivity contribution in [1.82, 2.24) is 9.88 Å². The lowest BCUT2D eigenvalue weighted by molar-refractivity contribution is -0.0507. The fraction of sp³-hybridized carbons (Fsp3) is 0.688. The summed E-state index contributed by atoms with van der Waals surface area (Å²) in [5.41, 5.74) is 1.78. The Morgan fingerprint density at radius 1 is 1.37 bits per heavy atom. The average Bonchev–Trinajstić information content (AvgIpc) is 3.15. The van der Waals surface area contributed by atoms with Crippen LogP contribution in [0.25, 0.3) is 0 Å². The Kier molecular flexibility index (Phi) is 3.59. The molecule has 2 fully saturated rings. The summed E-state index contributed by atoms with van der Waals surface area (Å²) in [6.07, 6.45) is 4.48. The molecule has 1 aromatic heterocycles. The summed E-state index contributed by atoms with van der Waals surface area (Å²) in [6.45, 7) is 5.26. The number of hydrogen-bond acceptors (Lipinski definition) is 3. The highest BCUT2D eigenvalue weighted by atomic mass is 16.3. The number of rotatable bonds is 4. The first kappa shape index (κ1) is 13.1. The van der Waals surface area contributed by atoms with Crippen LogP contribution in [0.1, 0.15) is 50.2 Å². The minimum atomic E-state index is -0.530. The number of aliphatic hydroxyl groups excluding tert-OH is 1. The highest BCUT2D eigenvalue weighted by Crippen LogP contribution is 2.49. The second-order valence-corrected chi connectivity index (χ2v) is 6.21. The summed E-state index contributed by atoms with van der Waals surface area (Å²) in [5, 5.41) is 10.7. The molecule has 0 aromatic carbocycles. The van der Waals surface area contributed by atoms with Crippen molar-refractivity contribution in [3.8, 4) is 0 Å². The van der Waals surface area contributed by atoms with E-state index in [-0.39, 0.29) is 0 Å². The number of aliphatic hydroxyl groups is 1. The van der Waals surface area contributed by atoms with Crippen LogP contribution in [0.3, 0.4) is 0 Å². The van der Waals surface area contributed by atoms with Gasteiger partial charge in [-0.25, -0.2) is 0 Å². The van der Waals surface area contributed by atoms with E-state index in [9.17, 15) is 5.11 Å². The SMILES string of the molecule is CCCC1CC2CC2CN1C(O)c1cccc(C)n1. The lowest BCUT2D eigenvalue weighted by Crippen LogP contribution is -2.43. The van der Waals surface area contributed by atoms with Gasteiger partial charge in [0.05, 0.1) is 5.69 Å². The largest absolute Gasteiger partial charge is 0.372 e. The van der Waals surface area contributed by atoms with Gasteiger partial charge in [-0.15, -0.1) is 0 Å². The molecule has 4 atom stereocenters. The molecule has 3 heteroatoms. The van der Waals surface area contributed by atoms with Gasteiger partial charge in [-0.1, -0.05) is 19.4 Å². The molecule has 3 nitrogen and oxygen atoms in total. The molecule has 3 rings (SSSR count). The molecule has 1 saturated carbocycles. The Labute approximate surface area is 115 Å². The predicted molar refractivity (Wildman–Crippen MR) is 75.5 cm³/mol. The van der Waals surface area contributed by atoms with E-state index in [1.807, 2.05) is 25.1 Å².